The first-order valence-corrected chi connectivity index (χ1v) is 3.84. The summed E-state index contributed by atoms with van der Waals surface area (Å²) in [5.74, 6) is 0. The van der Waals surface area contributed by atoms with E-state index in [9.17, 15) is 5.11 Å². The first-order valence-electron chi connectivity index (χ1n) is 3.84. The molecule has 0 saturated carbocycles. The van der Waals surface area contributed by atoms with Gasteiger partial charge in [-0.15, -0.1) is 0 Å². The number of aliphatic hydroxyl groups excluding tert-OH is 2. The van der Waals surface area contributed by atoms with Gasteiger partial charge in [-0.2, -0.15) is 0 Å². The third-order valence-corrected chi connectivity index (χ3v) is 2.07. The molecule has 0 amide bonds. The first kappa shape index (κ1) is 8.93. The Bertz CT molecular complexity index is 119. The average Bonchev–Trinajstić information content (AvgIpc) is 1.85. The normalized spacial score (nSPS) is 45.8. The second-order valence-electron chi connectivity index (χ2n) is 2.91. The summed E-state index contributed by atoms with van der Waals surface area (Å²) in [6.07, 6.45) is -1.18. The van der Waals surface area contributed by atoms with E-state index in [1.54, 1.807) is 7.05 Å². The third kappa shape index (κ3) is 1.90. The van der Waals surface area contributed by atoms with E-state index in [-0.39, 0.29) is 18.6 Å². The van der Waals surface area contributed by atoms with Crippen molar-refractivity contribution >= 4 is 0 Å². The van der Waals surface area contributed by atoms with Crippen molar-refractivity contribution < 1.29 is 14.9 Å². The molecule has 11 heavy (non-hydrogen) atoms. The Labute approximate surface area is 66.2 Å². The zero-order valence-corrected chi connectivity index (χ0v) is 6.82. The first-order chi connectivity index (χ1) is 5.15. The molecule has 4 atom stereocenters. The van der Waals surface area contributed by atoms with Gasteiger partial charge in [0.25, 0.3) is 0 Å². The molecule has 1 heterocycles. The number of likely N-dealkylation sites (N-methyl/N-ethyl adjacent to an activating group) is 1. The van der Waals surface area contributed by atoms with E-state index < -0.39 is 12.4 Å². The molecule has 0 aromatic heterocycles. The third-order valence-electron chi connectivity index (χ3n) is 2.07. The topological polar surface area (TPSA) is 61.7 Å². The number of hydrogen-bond acceptors (Lipinski definition) is 4. The molecule has 0 bridgehead atoms. The minimum atomic E-state index is -0.815. The Morgan fingerprint density at radius 1 is 1.45 bits per heavy atom. The van der Waals surface area contributed by atoms with E-state index in [0.717, 1.165) is 0 Å². The summed E-state index contributed by atoms with van der Waals surface area (Å²) < 4.78 is 5.09. The Hall–Kier alpha value is -0.160. The molecule has 0 aromatic carbocycles. The Balaban J connectivity index is 2.52. The molecule has 3 N–H and O–H groups in total. The fourth-order valence-corrected chi connectivity index (χ4v) is 1.48. The monoisotopic (exact) mass is 161 g/mol. The van der Waals surface area contributed by atoms with Crippen LogP contribution in [0.5, 0.6) is 0 Å². The minimum Gasteiger partial charge on any atom is -0.391 e. The Morgan fingerprint density at radius 2 is 2.09 bits per heavy atom. The summed E-state index contributed by atoms with van der Waals surface area (Å²) in [4.78, 5) is 0. The zero-order chi connectivity index (χ0) is 8.43. The van der Waals surface area contributed by atoms with Crippen LogP contribution in [0.4, 0.5) is 0 Å². The fourth-order valence-electron chi connectivity index (χ4n) is 1.48. The molecule has 0 unspecified atom stereocenters. The van der Waals surface area contributed by atoms with Gasteiger partial charge in [0, 0.05) is 6.42 Å². The summed E-state index contributed by atoms with van der Waals surface area (Å²) >= 11 is 0. The summed E-state index contributed by atoms with van der Waals surface area (Å²) in [5, 5.41) is 21.4. The van der Waals surface area contributed by atoms with Crippen molar-refractivity contribution in [2.75, 3.05) is 7.05 Å². The van der Waals surface area contributed by atoms with Gasteiger partial charge in [-0.3, -0.25) is 0 Å². The maximum atomic E-state index is 9.41. The number of aliphatic hydroxyl groups is 2. The van der Waals surface area contributed by atoms with E-state index in [0.29, 0.717) is 0 Å². The van der Waals surface area contributed by atoms with Crippen molar-refractivity contribution in [1.29, 1.82) is 0 Å². The Morgan fingerprint density at radius 3 is 2.55 bits per heavy atom. The SMILES string of the molecule is CN[C@H]1[C@H](C)O[C@@H](O)C[C@@H]1O. The van der Waals surface area contributed by atoms with E-state index in [1.165, 1.54) is 0 Å². The molecule has 4 heteroatoms. The van der Waals surface area contributed by atoms with Crippen molar-refractivity contribution in [1.82, 2.24) is 5.32 Å². The van der Waals surface area contributed by atoms with Gasteiger partial charge in [-0.25, -0.2) is 0 Å². The van der Waals surface area contributed by atoms with Crippen LogP contribution in [0.15, 0.2) is 0 Å². The molecule has 1 saturated heterocycles. The Kier molecular flexibility index (Phi) is 2.84. The van der Waals surface area contributed by atoms with Crippen LogP contribution < -0.4 is 5.32 Å². The molecule has 0 aliphatic carbocycles. The maximum Gasteiger partial charge on any atom is 0.157 e. The van der Waals surface area contributed by atoms with Crippen molar-refractivity contribution in [2.24, 2.45) is 0 Å². The van der Waals surface area contributed by atoms with Gasteiger partial charge in [-0.05, 0) is 14.0 Å². The molecule has 1 rings (SSSR count). The molecule has 0 aromatic rings. The van der Waals surface area contributed by atoms with Crippen LogP contribution >= 0.6 is 0 Å². The highest BCUT2D eigenvalue weighted by Gasteiger charge is 2.33. The van der Waals surface area contributed by atoms with Crippen molar-refractivity contribution in [2.45, 2.75) is 37.9 Å². The van der Waals surface area contributed by atoms with Gasteiger partial charge in [-0.1, -0.05) is 0 Å². The van der Waals surface area contributed by atoms with Crippen LogP contribution in [0.2, 0.25) is 0 Å². The quantitative estimate of drug-likeness (QED) is 0.464. The van der Waals surface area contributed by atoms with Crippen molar-refractivity contribution in [3.05, 3.63) is 0 Å². The van der Waals surface area contributed by atoms with Gasteiger partial charge in [0.1, 0.15) is 0 Å². The van der Waals surface area contributed by atoms with Crippen LogP contribution in [0.3, 0.4) is 0 Å². The van der Waals surface area contributed by atoms with E-state index in [4.69, 9.17) is 9.84 Å². The molecule has 1 aliphatic heterocycles. The molecular weight excluding hydrogens is 146 g/mol. The number of nitrogens with one attached hydrogen (secondary N) is 1. The lowest BCUT2D eigenvalue weighted by molar-refractivity contribution is -0.195. The molecule has 0 radical (unpaired) electrons. The lowest BCUT2D eigenvalue weighted by atomic mass is 10.00. The summed E-state index contributed by atoms with van der Waals surface area (Å²) in [7, 11) is 1.77. The van der Waals surface area contributed by atoms with Gasteiger partial charge in [0.05, 0.1) is 18.2 Å². The van der Waals surface area contributed by atoms with Gasteiger partial charge in [0.15, 0.2) is 6.29 Å². The summed E-state index contributed by atoms with van der Waals surface area (Å²) in [6, 6.07) is -0.0709. The highest BCUT2D eigenvalue weighted by molar-refractivity contribution is 4.84. The highest BCUT2D eigenvalue weighted by atomic mass is 16.6. The highest BCUT2D eigenvalue weighted by Crippen LogP contribution is 2.17. The average molecular weight is 161 g/mol. The number of hydrogen-bond donors (Lipinski definition) is 3. The van der Waals surface area contributed by atoms with Gasteiger partial charge >= 0.3 is 0 Å². The smallest absolute Gasteiger partial charge is 0.157 e. The standard InChI is InChI=1S/C7H15NO3/c1-4-7(8-2)5(9)3-6(10)11-4/h4-10H,3H2,1-2H3/t4-,5-,6+,7-/m0/s1. The predicted molar refractivity (Wildman–Crippen MR) is 40.0 cm³/mol. The van der Waals surface area contributed by atoms with Gasteiger partial charge < -0.3 is 20.3 Å². The second-order valence-corrected chi connectivity index (χ2v) is 2.91. The van der Waals surface area contributed by atoms with Crippen LogP contribution in [-0.2, 0) is 4.74 Å². The van der Waals surface area contributed by atoms with Crippen LogP contribution in [0, 0.1) is 0 Å². The van der Waals surface area contributed by atoms with Crippen LogP contribution in [0.1, 0.15) is 13.3 Å². The van der Waals surface area contributed by atoms with Crippen LogP contribution in [-0.4, -0.2) is 41.8 Å². The van der Waals surface area contributed by atoms with Crippen molar-refractivity contribution in [3.63, 3.8) is 0 Å². The lowest BCUT2D eigenvalue weighted by Gasteiger charge is -2.35. The second kappa shape index (κ2) is 3.49. The van der Waals surface area contributed by atoms with Crippen LogP contribution in [0.25, 0.3) is 0 Å². The molecule has 66 valence electrons. The zero-order valence-electron chi connectivity index (χ0n) is 6.82. The van der Waals surface area contributed by atoms with E-state index in [1.807, 2.05) is 6.92 Å². The van der Waals surface area contributed by atoms with Gasteiger partial charge in [0.2, 0.25) is 0 Å². The largest absolute Gasteiger partial charge is 0.391 e. The summed E-state index contributed by atoms with van der Waals surface area (Å²) in [5.41, 5.74) is 0. The minimum absolute atomic E-state index is 0.0709. The predicted octanol–water partition coefficient (Wildman–Crippen LogP) is -0.938. The molecule has 1 fully saturated rings. The molecule has 1 aliphatic rings. The lowest BCUT2D eigenvalue weighted by Crippen LogP contribution is -2.53. The van der Waals surface area contributed by atoms with E-state index in [2.05, 4.69) is 5.32 Å². The summed E-state index contributed by atoms with van der Waals surface area (Å²) in [6.45, 7) is 1.83. The molecular formula is C7H15NO3. The van der Waals surface area contributed by atoms with E-state index >= 15 is 0 Å². The van der Waals surface area contributed by atoms with Crippen molar-refractivity contribution in [3.8, 4) is 0 Å². The number of ether oxygens (including phenoxy) is 1. The fraction of sp³-hybridized carbons (Fsp3) is 1.00. The maximum absolute atomic E-state index is 9.41. The molecule has 0 spiro atoms. The molecule has 4 nitrogen and oxygen atoms in total. The number of rotatable bonds is 1.